The van der Waals surface area contributed by atoms with Gasteiger partial charge in [-0.1, -0.05) is 13.3 Å². The van der Waals surface area contributed by atoms with Gasteiger partial charge in [0.05, 0.1) is 12.3 Å². The molecule has 0 fully saturated rings. The molecule has 1 aromatic heterocycles. The summed E-state index contributed by atoms with van der Waals surface area (Å²) in [5.74, 6) is 0. The van der Waals surface area contributed by atoms with E-state index in [4.69, 9.17) is 9.84 Å². The van der Waals surface area contributed by atoms with Crippen molar-refractivity contribution in [3.8, 4) is 0 Å². The van der Waals surface area contributed by atoms with Crippen molar-refractivity contribution in [2.45, 2.75) is 53.0 Å². The molecular weight excluding hydrogens is 238 g/mol. The van der Waals surface area contributed by atoms with Crippen molar-refractivity contribution in [2.75, 3.05) is 26.8 Å². The Morgan fingerprint density at radius 3 is 2.68 bits per heavy atom. The van der Waals surface area contributed by atoms with Gasteiger partial charge in [-0.05, 0) is 45.7 Å². The highest BCUT2D eigenvalue weighted by Gasteiger charge is 2.14. The summed E-state index contributed by atoms with van der Waals surface area (Å²) in [6.07, 6.45) is 3.43. The van der Waals surface area contributed by atoms with Gasteiger partial charge in [0.15, 0.2) is 0 Å². The van der Waals surface area contributed by atoms with E-state index in [-0.39, 0.29) is 0 Å². The molecule has 4 nitrogen and oxygen atoms in total. The minimum absolute atomic E-state index is 0.499. The van der Waals surface area contributed by atoms with E-state index in [9.17, 15) is 0 Å². The molecule has 1 unspecified atom stereocenters. The molecule has 4 heteroatoms. The van der Waals surface area contributed by atoms with Crippen molar-refractivity contribution < 1.29 is 4.74 Å². The van der Waals surface area contributed by atoms with Gasteiger partial charge < -0.3 is 10.1 Å². The Morgan fingerprint density at radius 2 is 2.05 bits per heavy atom. The zero-order valence-corrected chi connectivity index (χ0v) is 13.1. The molecule has 1 aromatic rings. The van der Waals surface area contributed by atoms with E-state index in [1.807, 2.05) is 0 Å². The molecule has 0 amide bonds. The largest absolute Gasteiger partial charge is 0.383 e. The van der Waals surface area contributed by atoms with Crippen LogP contribution in [0.25, 0.3) is 0 Å². The highest BCUT2D eigenvalue weighted by molar-refractivity contribution is 5.25. The predicted octanol–water partition coefficient (Wildman–Crippen LogP) is 2.64. The van der Waals surface area contributed by atoms with Crippen LogP contribution in [0, 0.1) is 13.8 Å². The van der Waals surface area contributed by atoms with Gasteiger partial charge in [0, 0.05) is 25.4 Å². The number of hydrogen-bond donors (Lipinski definition) is 1. The molecule has 0 aromatic carbocycles. The molecule has 0 bridgehead atoms. The van der Waals surface area contributed by atoms with Gasteiger partial charge in [0.25, 0.3) is 0 Å². The van der Waals surface area contributed by atoms with E-state index in [0.717, 1.165) is 26.1 Å². The lowest BCUT2D eigenvalue weighted by Crippen LogP contribution is -2.22. The summed E-state index contributed by atoms with van der Waals surface area (Å²) in [5, 5.41) is 8.10. The summed E-state index contributed by atoms with van der Waals surface area (Å²) in [6, 6.07) is 0.499. The molecule has 0 aliphatic rings. The highest BCUT2D eigenvalue weighted by Crippen LogP contribution is 2.20. The normalized spacial score (nSPS) is 12.9. The lowest BCUT2D eigenvalue weighted by atomic mass is 10.1. The van der Waals surface area contributed by atoms with Crippen LogP contribution in [-0.2, 0) is 11.2 Å². The summed E-state index contributed by atoms with van der Waals surface area (Å²) in [7, 11) is 1.73. The zero-order chi connectivity index (χ0) is 14.3. The SMILES string of the molecule is CCCC(C)n1nc(C)c(CCNCCOC)c1C. The lowest BCUT2D eigenvalue weighted by Gasteiger charge is -2.13. The Bertz CT molecular complexity index is 374. The quantitative estimate of drug-likeness (QED) is 0.699. The van der Waals surface area contributed by atoms with Crippen LogP contribution in [0.5, 0.6) is 0 Å². The Hall–Kier alpha value is -0.870. The Morgan fingerprint density at radius 1 is 1.32 bits per heavy atom. The van der Waals surface area contributed by atoms with Gasteiger partial charge in [0.1, 0.15) is 0 Å². The molecule has 1 heterocycles. The van der Waals surface area contributed by atoms with Crippen LogP contribution in [0.15, 0.2) is 0 Å². The van der Waals surface area contributed by atoms with Gasteiger partial charge in [-0.15, -0.1) is 0 Å². The molecule has 0 aliphatic carbocycles. The second-order valence-electron chi connectivity index (χ2n) is 5.22. The monoisotopic (exact) mass is 267 g/mol. The molecule has 1 rings (SSSR count). The summed E-state index contributed by atoms with van der Waals surface area (Å²) in [5.41, 5.74) is 3.90. The average molecular weight is 267 g/mol. The van der Waals surface area contributed by atoms with E-state index in [1.54, 1.807) is 7.11 Å². The van der Waals surface area contributed by atoms with Crippen molar-refractivity contribution in [1.82, 2.24) is 15.1 Å². The minimum atomic E-state index is 0.499. The first-order valence-electron chi connectivity index (χ1n) is 7.36. The summed E-state index contributed by atoms with van der Waals surface area (Å²) in [4.78, 5) is 0. The number of aryl methyl sites for hydroxylation is 1. The molecule has 0 spiro atoms. The Balaban J connectivity index is 2.58. The maximum absolute atomic E-state index is 5.03. The van der Waals surface area contributed by atoms with Crippen molar-refractivity contribution >= 4 is 0 Å². The van der Waals surface area contributed by atoms with Crippen molar-refractivity contribution in [3.05, 3.63) is 17.0 Å². The number of hydrogen-bond acceptors (Lipinski definition) is 3. The molecule has 0 saturated heterocycles. The second kappa shape index (κ2) is 8.33. The van der Waals surface area contributed by atoms with Crippen LogP contribution in [0.4, 0.5) is 0 Å². The summed E-state index contributed by atoms with van der Waals surface area (Å²) < 4.78 is 7.22. The first kappa shape index (κ1) is 16.2. The first-order chi connectivity index (χ1) is 9.11. The predicted molar refractivity (Wildman–Crippen MR) is 79.8 cm³/mol. The first-order valence-corrected chi connectivity index (χ1v) is 7.36. The third kappa shape index (κ3) is 4.62. The number of aromatic nitrogens is 2. The fourth-order valence-corrected chi connectivity index (χ4v) is 2.54. The van der Waals surface area contributed by atoms with Crippen LogP contribution in [0.3, 0.4) is 0 Å². The number of rotatable bonds is 9. The van der Waals surface area contributed by atoms with Crippen LogP contribution in [0.1, 0.15) is 49.7 Å². The number of methoxy groups -OCH3 is 1. The Kier molecular flexibility index (Phi) is 7.10. The number of nitrogens with one attached hydrogen (secondary N) is 1. The molecule has 19 heavy (non-hydrogen) atoms. The van der Waals surface area contributed by atoms with Crippen molar-refractivity contribution in [2.24, 2.45) is 0 Å². The maximum atomic E-state index is 5.03. The molecule has 0 saturated carbocycles. The molecule has 110 valence electrons. The van der Waals surface area contributed by atoms with E-state index in [2.05, 4.69) is 37.7 Å². The van der Waals surface area contributed by atoms with Crippen molar-refractivity contribution in [3.63, 3.8) is 0 Å². The lowest BCUT2D eigenvalue weighted by molar-refractivity contribution is 0.199. The van der Waals surface area contributed by atoms with Crippen LogP contribution < -0.4 is 5.32 Å². The standard InChI is InChI=1S/C15H29N3O/c1-6-7-12(2)18-14(4)15(13(3)17-18)8-9-16-10-11-19-5/h12,16H,6-11H2,1-5H3. The summed E-state index contributed by atoms with van der Waals surface area (Å²) >= 11 is 0. The number of ether oxygens (including phenoxy) is 1. The average Bonchev–Trinajstić information content (AvgIpc) is 2.66. The fourth-order valence-electron chi connectivity index (χ4n) is 2.54. The highest BCUT2D eigenvalue weighted by atomic mass is 16.5. The smallest absolute Gasteiger partial charge is 0.0629 e. The third-order valence-electron chi connectivity index (χ3n) is 3.63. The van der Waals surface area contributed by atoms with E-state index >= 15 is 0 Å². The maximum Gasteiger partial charge on any atom is 0.0629 e. The van der Waals surface area contributed by atoms with Crippen LogP contribution >= 0.6 is 0 Å². The van der Waals surface area contributed by atoms with E-state index < -0.39 is 0 Å². The minimum Gasteiger partial charge on any atom is -0.383 e. The zero-order valence-electron chi connectivity index (χ0n) is 13.1. The molecule has 0 radical (unpaired) electrons. The Labute approximate surface area is 117 Å². The van der Waals surface area contributed by atoms with E-state index in [0.29, 0.717) is 6.04 Å². The van der Waals surface area contributed by atoms with Crippen LogP contribution in [-0.4, -0.2) is 36.6 Å². The van der Waals surface area contributed by atoms with Gasteiger partial charge in [0.2, 0.25) is 0 Å². The number of nitrogens with zero attached hydrogens (tertiary/aromatic N) is 2. The van der Waals surface area contributed by atoms with E-state index in [1.165, 1.54) is 29.8 Å². The second-order valence-corrected chi connectivity index (χ2v) is 5.22. The molecule has 1 atom stereocenters. The van der Waals surface area contributed by atoms with Gasteiger partial charge >= 0.3 is 0 Å². The van der Waals surface area contributed by atoms with Gasteiger partial charge in [-0.25, -0.2) is 0 Å². The summed E-state index contributed by atoms with van der Waals surface area (Å²) in [6.45, 7) is 11.5. The van der Waals surface area contributed by atoms with Crippen molar-refractivity contribution in [1.29, 1.82) is 0 Å². The third-order valence-corrected chi connectivity index (χ3v) is 3.63. The van der Waals surface area contributed by atoms with Gasteiger partial charge in [-0.3, -0.25) is 4.68 Å². The molecular formula is C15H29N3O. The van der Waals surface area contributed by atoms with Crippen LogP contribution in [0.2, 0.25) is 0 Å². The van der Waals surface area contributed by atoms with Gasteiger partial charge in [-0.2, -0.15) is 5.10 Å². The molecule has 0 aliphatic heterocycles. The topological polar surface area (TPSA) is 39.1 Å². The fraction of sp³-hybridized carbons (Fsp3) is 0.800. The molecule has 1 N–H and O–H groups in total.